The molecule has 2 nitrogen and oxygen atoms in total. The number of unbranched alkanes of at least 4 members (excludes halogenated alkanes) is 2. The topological polar surface area (TPSA) is 18.5 Å². The molecule has 1 saturated carbocycles. The van der Waals surface area contributed by atoms with Crippen molar-refractivity contribution < 1.29 is 18.3 Å². The molecule has 4 heteroatoms. The minimum atomic E-state index is -0.939. The van der Waals surface area contributed by atoms with Gasteiger partial charge in [-0.1, -0.05) is 75.8 Å². The molecule has 0 bridgehead atoms. The predicted molar refractivity (Wildman–Crippen MR) is 112 cm³/mol. The molecular formula is C25H32F2O2. The summed E-state index contributed by atoms with van der Waals surface area (Å²) in [6.07, 6.45) is 10.0. The van der Waals surface area contributed by atoms with Crippen molar-refractivity contribution in [2.75, 3.05) is 0 Å². The van der Waals surface area contributed by atoms with Crippen LogP contribution in [-0.4, -0.2) is 5.60 Å². The second kappa shape index (κ2) is 10.7. The summed E-state index contributed by atoms with van der Waals surface area (Å²) in [5, 5.41) is 0. The van der Waals surface area contributed by atoms with Crippen molar-refractivity contribution in [2.24, 2.45) is 0 Å². The molecule has 0 amide bonds. The second-order valence-electron chi connectivity index (χ2n) is 8.11. The molecule has 2 aromatic carbocycles. The Balaban J connectivity index is 1.63. The van der Waals surface area contributed by atoms with E-state index in [-0.39, 0.29) is 30.1 Å². The van der Waals surface area contributed by atoms with Crippen LogP contribution in [0.2, 0.25) is 0 Å². The molecule has 0 heterocycles. The Hall–Kier alpha value is -1.94. The highest BCUT2D eigenvalue weighted by Gasteiger charge is 2.32. The van der Waals surface area contributed by atoms with E-state index in [2.05, 4.69) is 6.92 Å². The molecule has 0 atom stereocenters. The number of rotatable bonds is 10. The zero-order valence-corrected chi connectivity index (χ0v) is 17.4. The largest absolute Gasteiger partial charge is 0.486 e. The number of ether oxygens (including phenoxy) is 2. The lowest BCUT2D eigenvalue weighted by Crippen LogP contribution is -2.35. The Morgan fingerprint density at radius 3 is 2.34 bits per heavy atom. The maximum absolute atomic E-state index is 14.6. The van der Waals surface area contributed by atoms with Gasteiger partial charge in [-0.05, 0) is 37.0 Å². The van der Waals surface area contributed by atoms with E-state index in [9.17, 15) is 8.78 Å². The summed E-state index contributed by atoms with van der Waals surface area (Å²) < 4.78 is 40.9. The fourth-order valence-corrected chi connectivity index (χ4v) is 4.12. The van der Waals surface area contributed by atoms with Crippen LogP contribution < -0.4 is 4.74 Å². The monoisotopic (exact) mass is 402 g/mol. The summed E-state index contributed by atoms with van der Waals surface area (Å²) in [4.78, 5) is 0. The fraction of sp³-hybridized carbons (Fsp3) is 0.520. The normalized spacial score (nSPS) is 16.0. The van der Waals surface area contributed by atoms with Gasteiger partial charge in [-0.3, -0.25) is 0 Å². The van der Waals surface area contributed by atoms with Crippen LogP contribution in [0.3, 0.4) is 0 Å². The van der Waals surface area contributed by atoms with E-state index in [1.54, 1.807) is 6.07 Å². The first-order chi connectivity index (χ1) is 14.1. The molecule has 0 unspecified atom stereocenters. The molecule has 0 aromatic heterocycles. The summed E-state index contributed by atoms with van der Waals surface area (Å²) in [5.41, 5.74) is 0.986. The third-order valence-electron chi connectivity index (χ3n) is 5.90. The van der Waals surface area contributed by atoms with E-state index in [0.29, 0.717) is 0 Å². The number of halogens is 2. The first-order valence-corrected chi connectivity index (χ1v) is 10.9. The quantitative estimate of drug-likeness (QED) is 0.387. The number of hydrogen-bond acceptors (Lipinski definition) is 2. The van der Waals surface area contributed by atoms with Crippen LogP contribution >= 0.6 is 0 Å². The van der Waals surface area contributed by atoms with Crippen LogP contribution in [0.5, 0.6) is 5.75 Å². The van der Waals surface area contributed by atoms with Gasteiger partial charge in [0.15, 0.2) is 11.6 Å². The smallest absolute Gasteiger partial charge is 0.200 e. The van der Waals surface area contributed by atoms with Gasteiger partial charge in [0.2, 0.25) is 5.82 Å². The molecule has 0 saturated heterocycles. The van der Waals surface area contributed by atoms with Gasteiger partial charge in [-0.25, -0.2) is 4.39 Å². The highest BCUT2D eigenvalue weighted by molar-refractivity contribution is 5.31. The van der Waals surface area contributed by atoms with Gasteiger partial charge in [0, 0.05) is 5.56 Å². The van der Waals surface area contributed by atoms with E-state index in [1.807, 2.05) is 30.3 Å². The standard InChI is InChI=1S/C25H32F2O2/c1-2-3-8-15-25(16-9-5-10-17-25)29-19-21-13-14-22(24(27)23(21)26)28-18-20-11-6-4-7-12-20/h4,6-7,11-14H,2-3,5,8-10,15-19H2,1H3. The van der Waals surface area contributed by atoms with Gasteiger partial charge in [-0.2, -0.15) is 4.39 Å². The maximum atomic E-state index is 14.6. The molecule has 0 spiro atoms. The SMILES string of the molecule is CCCCCC1(OCc2ccc(OCc3ccccc3)c(F)c2F)CCCCC1. The van der Waals surface area contributed by atoms with Gasteiger partial charge >= 0.3 is 0 Å². The zero-order valence-electron chi connectivity index (χ0n) is 17.4. The van der Waals surface area contributed by atoms with Crippen LogP contribution in [0, 0.1) is 11.6 Å². The summed E-state index contributed by atoms with van der Waals surface area (Å²) in [6.45, 7) is 2.50. The lowest BCUT2D eigenvalue weighted by atomic mass is 9.81. The van der Waals surface area contributed by atoms with Crippen molar-refractivity contribution in [3.63, 3.8) is 0 Å². The van der Waals surface area contributed by atoms with E-state index in [4.69, 9.17) is 9.47 Å². The average Bonchev–Trinajstić information content (AvgIpc) is 2.76. The maximum Gasteiger partial charge on any atom is 0.200 e. The first kappa shape index (κ1) is 21.8. The Kier molecular flexibility index (Phi) is 8.05. The highest BCUT2D eigenvalue weighted by atomic mass is 19.2. The summed E-state index contributed by atoms with van der Waals surface area (Å²) in [6, 6.07) is 12.5. The second-order valence-corrected chi connectivity index (χ2v) is 8.11. The Morgan fingerprint density at radius 2 is 1.62 bits per heavy atom. The molecule has 0 N–H and O–H groups in total. The van der Waals surface area contributed by atoms with Gasteiger partial charge in [0.25, 0.3) is 0 Å². The Morgan fingerprint density at radius 1 is 0.862 bits per heavy atom. The van der Waals surface area contributed by atoms with Gasteiger partial charge < -0.3 is 9.47 Å². The molecule has 1 aliphatic carbocycles. The molecular weight excluding hydrogens is 370 g/mol. The van der Waals surface area contributed by atoms with E-state index >= 15 is 0 Å². The van der Waals surface area contributed by atoms with E-state index in [1.165, 1.54) is 25.3 Å². The summed E-state index contributed by atoms with van der Waals surface area (Å²) in [5.74, 6) is -1.87. The van der Waals surface area contributed by atoms with Crippen molar-refractivity contribution in [2.45, 2.75) is 83.5 Å². The third kappa shape index (κ3) is 6.02. The van der Waals surface area contributed by atoms with Crippen LogP contribution in [0.4, 0.5) is 8.78 Å². The highest BCUT2D eigenvalue weighted by Crippen LogP contribution is 2.37. The Bertz CT molecular complexity index is 755. The molecule has 158 valence electrons. The van der Waals surface area contributed by atoms with Gasteiger partial charge in [0.05, 0.1) is 12.2 Å². The fourth-order valence-electron chi connectivity index (χ4n) is 4.12. The van der Waals surface area contributed by atoms with Crippen molar-refractivity contribution in [1.29, 1.82) is 0 Å². The van der Waals surface area contributed by atoms with E-state index in [0.717, 1.165) is 44.1 Å². The van der Waals surface area contributed by atoms with Crippen molar-refractivity contribution in [1.82, 2.24) is 0 Å². The molecule has 1 aliphatic rings. The van der Waals surface area contributed by atoms with Crippen LogP contribution in [0.15, 0.2) is 42.5 Å². The van der Waals surface area contributed by atoms with Crippen molar-refractivity contribution in [3.05, 3.63) is 65.2 Å². The molecule has 0 radical (unpaired) electrons. The minimum Gasteiger partial charge on any atom is -0.486 e. The molecule has 0 aliphatic heterocycles. The number of benzene rings is 2. The third-order valence-corrected chi connectivity index (χ3v) is 5.90. The van der Waals surface area contributed by atoms with E-state index < -0.39 is 11.6 Å². The summed E-state index contributed by atoms with van der Waals surface area (Å²) >= 11 is 0. The van der Waals surface area contributed by atoms with Crippen LogP contribution in [0.25, 0.3) is 0 Å². The average molecular weight is 403 g/mol. The Labute approximate surface area is 173 Å². The lowest BCUT2D eigenvalue weighted by molar-refractivity contribution is -0.0878. The minimum absolute atomic E-state index is 0.0644. The molecule has 3 rings (SSSR count). The van der Waals surface area contributed by atoms with Crippen LogP contribution in [-0.2, 0) is 18.0 Å². The van der Waals surface area contributed by atoms with Crippen molar-refractivity contribution >= 4 is 0 Å². The molecule has 2 aromatic rings. The predicted octanol–water partition coefficient (Wildman–Crippen LogP) is 7.34. The molecule has 1 fully saturated rings. The zero-order chi connectivity index (χ0) is 20.5. The molecule has 29 heavy (non-hydrogen) atoms. The number of hydrogen-bond donors (Lipinski definition) is 0. The van der Waals surface area contributed by atoms with Crippen LogP contribution in [0.1, 0.15) is 75.8 Å². The van der Waals surface area contributed by atoms with Gasteiger partial charge in [0.1, 0.15) is 6.61 Å². The summed E-state index contributed by atoms with van der Waals surface area (Å²) in [7, 11) is 0. The van der Waals surface area contributed by atoms with Crippen molar-refractivity contribution in [3.8, 4) is 5.75 Å². The first-order valence-electron chi connectivity index (χ1n) is 10.9. The van der Waals surface area contributed by atoms with Gasteiger partial charge in [-0.15, -0.1) is 0 Å². The lowest BCUT2D eigenvalue weighted by Gasteiger charge is -2.37.